The highest BCUT2D eigenvalue weighted by Crippen LogP contribution is 2.28. The molecule has 0 spiro atoms. The van der Waals surface area contributed by atoms with Gasteiger partial charge in [-0.05, 0) is 29.7 Å². The molecule has 0 aromatic heterocycles. The molecule has 0 amide bonds. The van der Waals surface area contributed by atoms with Crippen LogP contribution < -0.4 is 5.73 Å². The van der Waals surface area contributed by atoms with E-state index < -0.39 is 0 Å². The summed E-state index contributed by atoms with van der Waals surface area (Å²) in [5.74, 6) is 0. The number of nitrogen functional groups attached to an aromatic ring is 1. The number of rotatable bonds is 1. The van der Waals surface area contributed by atoms with Crippen molar-refractivity contribution in [3.63, 3.8) is 0 Å². The Bertz CT molecular complexity index is 372. The normalized spacial score (nSPS) is 25.7. The molecule has 0 saturated carbocycles. The molecule has 0 radical (unpaired) electrons. The molecule has 2 aliphatic heterocycles. The largest absolute Gasteiger partial charge is 0.399 e. The SMILES string of the molecule is Nc1ccc2c(c1)CN(C1CCOC1)C2. The van der Waals surface area contributed by atoms with Crippen LogP contribution in [0.15, 0.2) is 18.2 Å². The minimum absolute atomic E-state index is 0.610. The Morgan fingerprint density at radius 2 is 2.13 bits per heavy atom. The third kappa shape index (κ3) is 1.62. The van der Waals surface area contributed by atoms with Crippen molar-refractivity contribution in [2.75, 3.05) is 18.9 Å². The van der Waals surface area contributed by atoms with Crippen molar-refractivity contribution < 1.29 is 4.74 Å². The molecule has 3 rings (SSSR count). The lowest BCUT2D eigenvalue weighted by atomic mass is 10.1. The van der Waals surface area contributed by atoms with E-state index in [0.717, 1.165) is 32.0 Å². The first-order chi connectivity index (χ1) is 7.33. The van der Waals surface area contributed by atoms with E-state index in [-0.39, 0.29) is 0 Å². The van der Waals surface area contributed by atoms with Crippen LogP contribution in [0.3, 0.4) is 0 Å². The van der Waals surface area contributed by atoms with E-state index in [0.29, 0.717) is 6.04 Å². The Balaban J connectivity index is 1.79. The maximum absolute atomic E-state index is 5.79. The van der Waals surface area contributed by atoms with Gasteiger partial charge in [0.1, 0.15) is 0 Å². The van der Waals surface area contributed by atoms with Crippen molar-refractivity contribution in [1.82, 2.24) is 4.90 Å². The molecule has 1 atom stereocenters. The summed E-state index contributed by atoms with van der Waals surface area (Å²) in [6.45, 7) is 3.90. The molecule has 3 heteroatoms. The Kier molecular flexibility index (Phi) is 2.15. The number of nitrogens with two attached hydrogens (primary N) is 1. The Labute approximate surface area is 89.8 Å². The molecular formula is C12H16N2O. The number of fused-ring (bicyclic) bond motifs is 1. The molecule has 2 heterocycles. The molecule has 0 aliphatic carbocycles. The summed E-state index contributed by atoms with van der Waals surface area (Å²) in [7, 11) is 0. The highest BCUT2D eigenvalue weighted by molar-refractivity contribution is 5.46. The van der Waals surface area contributed by atoms with E-state index >= 15 is 0 Å². The Morgan fingerprint density at radius 3 is 2.93 bits per heavy atom. The summed E-state index contributed by atoms with van der Waals surface area (Å²) in [4.78, 5) is 2.50. The quantitative estimate of drug-likeness (QED) is 0.702. The van der Waals surface area contributed by atoms with E-state index in [4.69, 9.17) is 10.5 Å². The van der Waals surface area contributed by atoms with Gasteiger partial charge in [-0.15, -0.1) is 0 Å². The van der Waals surface area contributed by atoms with E-state index in [1.165, 1.54) is 17.5 Å². The summed E-state index contributed by atoms with van der Waals surface area (Å²) < 4.78 is 5.43. The predicted molar refractivity (Wildman–Crippen MR) is 59.3 cm³/mol. The molecule has 0 bridgehead atoms. The van der Waals surface area contributed by atoms with Gasteiger partial charge in [0.2, 0.25) is 0 Å². The van der Waals surface area contributed by atoms with Crippen LogP contribution >= 0.6 is 0 Å². The average molecular weight is 204 g/mol. The second-order valence-corrected chi connectivity index (χ2v) is 4.45. The van der Waals surface area contributed by atoms with Gasteiger partial charge in [0.05, 0.1) is 6.61 Å². The first-order valence-electron chi connectivity index (χ1n) is 5.52. The minimum Gasteiger partial charge on any atom is -0.399 e. The highest BCUT2D eigenvalue weighted by atomic mass is 16.5. The van der Waals surface area contributed by atoms with Gasteiger partial charge in [0.15, 0.2) is 0 Å². The molecule has 15 heavy (non-hydrogen) atoms. The number of nitrogens with zero attached hydrogens (tertiary/aromatic N) is 1. The molecule has 80 valence electrons. The van der Waals surface area contributed by atoms with Crippen LogP contribution in [0.25, 0.3) is 0 Å². The van der Waals surface area contributed by atoms with Gasteiger partial charge >= 0.3 is 0 Å². The zero-order valence-electron chi connectivity index (χ0n) is 8.78. The maximum atomic E-state index is 5.79. The number of ether oxygens (including phenoxy) is 1. The second-order valence-electron chi connectivity index (χ2n) is 4.45. The first-order valence-corrected chi connectivity index (χ1v) is 5.52. The van der Waals surface area contributed by atoms with Gasteiger partial charge in [0.25, 0.3) is 0 Å². The van der Waals surface area contributed by atoms with Gasteiger partial charge in [-0.1, -0.05) is 6.07 Å². The zero-order chi connectivity index (χ0) is 10.3. The smallest absolute Gasteiger partial charge is 0.0622 e. The fourth-order valence-electron chi connectivity index (χ4n) is 2.51. The van der Waals surface area contributed by atoms with Crippen molar-refractivity contribution in [3.05, 3.63) is 29.3 Å². The molecule has 1 fully saturated rings. The molecule has 2 N–H and O–H groups in total. The zero-order valence-corrected chi connectivity index (χ0v) is 8.78. The predicted octanol–water partition coefficient (Wildman–Crippen LogP) is 1.37. The monoisotopic (exact) mass is 204 g/mol. The Hall–Kier alpha value is -1.06. The third-order valence-corrected chi connectivity index (χ3v) is 3.40. The van der Waals surface area contributed by atoms with Crippen LogP contribution in [-0.2, 0) is 17.8 Å². The van der Waals surface area contributed by atoms with Crippen LogP contribution in [0.4, 0.5) is 5.69 Å². The van der Waals surface area contributed by atoms with E-state index in [1.807, 2.05) is 6.07 Å². The van der Waals surface area contributed by atoms with Crippen LogP contribution in [0.5, 0.6) is 0 Å². The summed E-state index contributed by atoms with van der Waals surface area (Å²) in [6.07, 6.45) is 1.17. The van der Waals surface area contributed by atoms with Gasteiger partial charge in [-0.2, -0.15) is 0 Å². The molecular weight excluding hydrogens is 188 g/mol. The van der Waals surface area contributed by atoms with Crippen molar-refractivity contribution in [3.8, 4) is 0 Å². The summed E-state index contributed by atoms with van der Waals surface area (Å²) >= 11 is 0. The fourth-order valence-corrected chi connectivity index (χ4v) is 2.51. The lowest BCUT2D eigenvalue weighted by Crippen LogP contribution is -2.30. The lowest BCUT2D eigenvalue weighted by Gasteiger charge is -2.21. The average Bonchev–Trinajstić information content (AvgIpc) is 2.84. The fraction of sp³-hybridized carbons (Fsp3) is 0.500. The minimum atomic E-state index is 0.610. The topological polar surface area (TPSA) is 38.5 Å². The van der Waals surface area contributed by atoms with Gasteiger partial charge in [0, 0.05) is 31.4 Å². The van der Waals surface area contributed by atoms with Gasteiger partial charge in [-0.25, -0.2) is 0 Å². The van der Waals surface area contributed by atoms with Crippen LogP contribution in [0.2, 0.25) is 0 Å². The molecule has 1 unspecified atom stereocenters. The molecule has 3 nitrogen and oxygen atoms in total. The van der Waals surface area contributed by atoms with E-state index in [1.54, 1.807) is 0 Å². The number of hydrogen-bond donors (Lipinski definition) is 1. The van der Waals surface area contributed by atoms with Crippen LogP contribution in [0, 0.1) is 0 Å². The first kappa shape index (κ1) is 9.19. The second kappa shape index (κ2) is 3.51. The highest BCUT2D eigenvalue weighted by Gasteiger charge is 2.28. The number of hydrogen-bond acceptors (Lipinski definition) is 3. The molecule has 2 aliphatic rings. The summed E-state index contributed by atoms with van der Waals surface area (Å²) in [5, 5.41) is 0. The Morgan fingerprint density at radius 1 is 1.27 bits per heavy atom. The van der Waals surface area contributed by atoms with Crippen molar-refractivity contribution in [1.29, 1.82) is 0 Å². The summed E-state index contributed by atoms with van der Waals surface area (Å²) in [5.41, 5.74) is 9.48. The lowest BCUT2D eigenvalue weighted by molar-refractivity contribution is 0.143. The van der Waals surface area contributed by atoms with E-state index in [2.05, 4.69) is 17.0 Å². The summed E-state index contributed by atoms with van der Waals surface area (Å²) in [6, 6.07) is 6.86. The number of benzene rings is 1. The van der Waals surface area contributed by atoms with Crippen LogP contribution in [0.1, 0.15) is 17.5 Å². The number of anilines is 1. The standard InChI is InChI=1S/C12H16N2O/c13-11-2-1-9-6-14(7-10(9)5-11)12-3-4-15-8-12/h1-2,5,12H,3-4,6-8,13H2. The molecule has 1 aromatic carbocycles. The molecule has 1 saturated heterocycles. The van der Waals surface area contributed by atoms with Gasteiger partial charge < -0.3 is 10.5 Å². The third-order valence-electron chi connectivity index (χ3n) is 3.40. The van der Waals surface area contributed by atoms with Crippen molar-refractivity contribution in [2.24, 2.45) is 0 Å². The molecule has 1 aromatic rings. The van der Waals surface area contributed by atoms with Crippen molar-refractivity contribution in [2.45, 2.75) is 25.6 Å². The maximum Gasteiger partial charge on any atom is 0.0622 e. The van der Waals surface area contributed by atoms with Crippen LogP contribution in [-0.4, -0.2) is 24.2 Å². The van der Waals surface area contributed by atoms with E-state index in [9.17, 15) is 0 Å². The van der Waals surface area contributed by atoms with Gasteiger partial charge in [-0.3, -0.25) is 4.90 Å². The van der Waals surface area contributed by atoms with Crippen molar-refractivity contribution >= 4 is 5.69 Å².